The van der Waals surface area contributed by atoms with E-state index in [-0.39, 0.29) is 24.1 Å². The zero-order valence-corrected chi connectivity index (χ0v) is 16.6. The molecule has 0 saturated carbocycles. The highest BCUT2D eigenvalue weighted by Gasteiger charge is 2.52. The second-order valence-electron chi connectivity index (χ2n) is 8.17. The van der Waals surface area contributed by atoms with E-state index in [0.29, 0.717) is 39.3 Å². The van der Waals surface area contributed by atoms with Crippen molar-refractivity contribution in [2.45, 2.75) is 44.1 Å². The van der Waals surface area contributed by atoms with E-state index in [1.165, 1.54) is 10.9 Å². The lowest BCUT2D eigenvalue weighted by molar-refractivity contribution is -0.186. The summed E-state index contributed by atoms with van der Waals surface area (Å²) in [4.78, 5) is 19.0. The lowest BCUT2D eigenvalue weighted by Gasteiger charge is -2.46. The van der Waals surface area contributed by atoms with E-state index in [2.05, 4.69) is 27.3 Å². The molecule has 5 atom stereocenters. The van der Waals surface area contributed by atoms with Crippen LogP contribution in [0.3, 0.4) is 0 Å². The highest BCUT2D eigenvalue weighted by atomic mass is 16.7. The number of aromatic nitrogens is 1. The van der Waals surface area contributed by atoms with Gasteiger partial charge in [-0.2, -0.15) is 0 Å². The topological polar surface area (TPSA) is 90.1 Å². The number of benzene rings is 1. The van der Waals surface area contributed by atoms with Gasteiger partial charge >= 0.3 is 0 Å². The number of hydrogen-bond acceptors (Lipinski definition) is 6. The Balaban J connectivity index is 1.28. The molecule has 3 aliphatic heterocycles. The predicted octanol–water partition coefficient (Wildman–Crippen LogP) is 0.275. The van der Waals surface area contributed by atoms with Crippen molar-refractivity contribution in [2.75, 3.05) is 32.8 Å². The number of carbonyl (C=O) groups excluding carboxylic acids is 1. The predicted molar refractivity (Wildman–Crippen MR) is 107 cm³/mol. The molecular weight excluding hydrogens is 372 g/mol. The molecule has 5 rings (SSSR count). The molecule has 8 nitrogen and oxygen atoms in total. The first-order valence-corrected chi connectivity index (χ1v) is 10.3. The second kappa shape index (κ2) is 7.70. The Morgan fingerprint density at radius 2 is 2.07 bits per heavy atom. The van der Waals surface area contributed by atoms with Gasteiger partial charge in [-0.15, -0.1) is 0 Å². The smallest absolute Gasteiger partial charge is 0.219 e. The summed E-state index contributed by atoms with van der Waals surface area (Å²) in [6.07, 6.45) is 0.843. The van der Waals surface area contributed by atoms with Gasteiger partial charge in [-0.1, -0.05) is 18.2 Å². The molecule has 3 saturated heterocycles. The Bertz CT molecular complexity index is 878. The standard InChI is InChI=1S/C21H28N4O4/c1-13(26)24-6-8-25(9-7-24)19-20(27)18(17-12-28-21(19)29-17)23-11-14-10-22-16-5-3-2-4-15(14)16/h2-5,10,17-23,27H,6-9,11-12H2,1H3/t17-,18-,19-,20+,21-/m1/s1. The Morgan fingerprint density at radius 1 is 1.28 bits per heavy atom. The second-order valence-corrected chi connectivity index (χ2v) is 8.17. The van der Waals surface area contributed by atoms with Crippen LogP contribution in [0.4, 0.5) is 0 Å². The van der Waals surface area contributed by atoms with E-state index >= 15 is 0 Å². The van der Waals surface area contributed by atoms with Gasteiger partial charge in [0.25, 0.3) is 0 Å². The highest BCUT2D eigenvalue weighted by Crippen LogP contribution is 2.32. The molecule has 2 bridgehead atoms. The van der Waals surface area contributed by atoms with Gasteiger partial charge in [0.15, 0.2) is 6.29 Å². The molecule has 4 heterocycles. The molecule has 0 unspecified atom stereocenters. The van der Waals surface area contributed by atoms with E-state index in [1.807, 2.05) is 23.2 Å². The number of ether oxygens (including phenoxy) is 2. The average Bonchev–Trinajstić information content (AvgIpc) is 3.34. The number of aromatic amines is 1. The van der Waals surface area contributed by atoms with Gasteiger partial charge in [0.1, 0.15) is 6.10 Å². The van der Waals surface area contributed by atoms with Gasteiger partial charge in [-0.3, -0.25) is 9.69 Å². The van der Waals surface area contributed by atoms with Crippen LogP contribution in [0.15, 0.2) is 30.5 Å². The van der Waals surface area contributed by atoms with Gasteiger partial charge in [-0.25, -0.2) is 0 Å². The maximum atomic E-state index is 11.6. The van der Waals surface area contributed by atoms with Crippen molar-refractivity contribution in [3.63, 3.8) is 0 Å². The number of hydrogen-bond donors (Lipinski definition) is 3. The molecule has 1 aromatic heterocycles. The van der Waals surface area contributed by atoms with Crippen LogP contribution in [0.5, 0.6) is 0 Å². The highest BCUT2D eigenvalue weighted by molar-refractivity contribution is 5.82. The molecule has 0 spiro atoms. The van der Waals surface area contributed by atoms with Crippen molar-refractivity contribution in [1.29, 1.82) is 0 Å². The first-order valence-electron chi connectivity index (χ1n) is 10.3. The molecule has 0 radical (unpaired) electrons. The number of rotatable bonds is 4. The Labute approximate surface area is 169 Å². The molecule has 3 aliphatic rings. The van der Waals surface area contributed by atoms with Crippen LogP contribution in [-0.2, 0) is 20.8 Å². The maximum absolute atomic E-state index is 11.6. The van der Waals surface area contributed by atoms with Crippen molar-refractivity contribution in [2.24, 2.45) is 0 Å². The maximum Gasteiger partial charge on any atom is 0.219 e. The molecule has 8 heteroatoms. The van der Waals surface area contributed by atoms with E-state index < -0.39 is 12.4 Å². The first-order chi connectivity index (χ1) is 14.1. The summed E-state index contributed by atoms with van der Waals surface area (Å²) in [5.74, 6) is 0.0977. The molecule has 1 amide bonds. The third-order valence-electron chi connectivity index (χ3n) is 6.52. The monoisotopic (exact) mass is 400 g/mol. The van der Waals surface area contributed by atoms with Crippen LogP contribution < -0.4 is 5.32 Å². The quantitative estimate of drug-likeness (QED) is 0.683. The van der Waals surface area contributed by atoms with Crippen LogP contribution in [0.2, 0.25) is 0 Å². The average molecular weight is 400 g/mol. The first kappa shape index (κ1) is 19.0. The fraction of sp³-hybridized carbons (Fsp3) is 0.571. The SMILES string of the molecule is CC(=O)N1CCN([C@H]2[C@@H]3OC[C@@H](O3)[C@@H](NCc3c[nH]c4ccccc34)[C@@H]2O)CC1. The third-order valence-corrected chi connectivity index (χ3v) is 6.52. The molecule has 1 aromatic carbocycles. The summed E-state index contributed by atoms with van der Waals surface area (Å²) in [7, 11) is 0. The Morgan fingerprint density at radius 3 is 2.86 bits per heavy atom. The minimum absolute atomic E-state index is 0.0977. The van der Waals surface area contributed by atoms with Gasteiger partial charge < -0.3 is 29.8 Å². The van der Waals surface area contributed by atoms with Crippen LogP contribution in [-0.4, -0.2) is 89.2 Å². The van der Waals surface area contributed by atoms with Gasteiger partial charge in [-0.05, 0) is 11.6 Å². The van der Waals surface area contributed by atoms with Crippen molar-refractivity contribution in [3.8, 4) is 0 Å². The van der Waals surface area contributed by atoms with Crippen LogP contribution >= 0.6 is 0 Å². The number of carbonyl (C=O) groups is 1. The largest absolute Gasteiger partial charge is 0.390 e. The van der Waals surface area contributed by atoms with Gasteiger partial charge in [0, 0.05) is 56.7 Å². The zero-order valence-electron chi connectivity index (χ0n) is 16.6. The summed E-state index contributed by atoms with van der Waals surface area (Å²) in [6.45, 7) is 5.49. The molecule has 0 aliphatic carbocycles. The third kappa shape index (κ3) is 3.45. The lowest BCUT2D eigenvalue weighted by Crippen LogP contribution is -2.66. The van der Waals surface area contributed by atoms with Crippen molar-refractivity contribution in [1.82, 2.24) is 20.1 Å². The van der Waals surface area contributed by atoms with E-state index in [9.17, 15) is 9.90 Å². The summed E-state index contributed by atoms with van der Waals surface area (Å²) >= 11 is 0. The molecule has 2 aromatic rings. The van der Waals surface area contributed by atoms with E-state index in [0.717, 1.165) is 5.52 Å². The number of nitrogens with zero attached hydrogens (tertiary/aromatic N) is 2. The zero-order chi connectivity index (χ0) is 20.0. The molecule has 3 fully saturated rings. The number of piperazine rings is 1. The number of para-hydroxylation sites is 1. The minimum atomic E-state index is -0.602. The fourth-order valence-corrected chi connectivity index (χ4v) is 4.88. The lowest BCUT2D eigenvalue weighted by atomic mass is 9.94. The Hall–Kier alpha value is -1.97. The summed E-state index contributed by atoms with van der Waals surface area (Å²) in [6, 6.07) is 7.76. The number of H-pyrrole nitrogens is 1. The molecule has 29 heavy (non-hydrogen) atoms. The summed E-state index contributed by atoms with van der Waals surface area (Å²) < 4.78 is 12.0. The number of fused-ring (bicyclic) bond motifs is 3. The van der Waals surface area contributed by atoms with Crippen LogP contribution in [0, 0.1) is 0 Å². The summed E-state index contributed by atoms with van der Waals surface area (Å²) in [5, 5.41) is 15.9. The number of aliphatic hydroxyl groups excluding tert-OH is 1. The van der Waals surface area contributed by atoms with Gasteiger partial charge in [0.05, 0.1) is 24.8 Å². The Kier molecular flexibility index (Phi) is 5.05. The van der Waals surface area contributed by atoms with E-state index in [1.54, 1.807) is 6.92 Å². The number of amides is 1. The summed E-state index contributed by atoms with van der Waals surface area (Å²) in [5.41, 5.74) is 2.27. The van der Waals surface area contributed by atoms with Gasteiger partial charge in [0.2, 0.25) is 5.91 Å². The number of aliphatic hydroxyl groups is 1. The molecule has 3 N–H and O–H groups in total. The fourth-order valence-electron chi connectivity index (χ4n) is 4.88. The van der Waals surface area contributed by atoms with Crippen molar-refractivity contribution < 1.29 is 19.4 Å². The minimum Gasteiger partial charge on any atom is -0.390 e. The molecule has 156 valence electrons. The van der Waals surface area contributed by atoms with Crippen LogP contribution in [0.25, 0.3) is 10.9 Å². The number of nitrogens with one attached hydrogen (secondary N) is 2. The molecular formula is C21H28N4O4. The van der Waals surface area contributed by atoms with E-state index in [4.69, 9.17) is 9.47 Å². The van der Waals surface area contributed by atoms with Crippen molar-refractivity contribution in [3.05, 3.63) is 36.0 Å². The van der Waals surface area contributed by atoms with Crippen molar-refractivity contribution >= 4 is 16.8 Å². The van der Waals surface area contributed by atoms with Crippen LogP contribution in [0.1, 0.15) is 12.5 Å². The normalized spacial score (nSPS) is 32.8.